The third-order valence-corrected chi connectivity index (χ3v) is 10.7. The number of hydrogen-bond acceptors (Lipinski definition) is 0. The van der Waals surface area contributed by atoms with Crippen molar-refractivity contribution in [1.82, 2.24) is 0 Å². The Hall–Kier alpha value is -1.30. The zero-order chi connectivity index (χ0) is 29.8. The standard InChI is InChI=1S/C40H68/c1-31(19-13-21-33(3)25-27-37-35(5)23-15-29-39(37,7)8)17-11-12-18-32(2)20-14-22-34(4)26-28-38-36(6)24-16-30-40(38,9)10/h11-12,17,21,25,27,32,34,36,38H,13-16,18-20,22-24,26,28-30H2,1-10H3/b12-11-,27-25+,31-17-,33-21+/t32-,34?,36-,38-/m0/s1. The van der Waals surface area contributed by atoms with Crippen molar-refractivity contribution in [2.24, 2.45) is 34.5 Å². The van der Waals surface area contributed by atoms with Gasteiger partial charge in [-0.05, 0) is 112 Å². The van der Waals surface area contributed by atoms with Crippen LogP contribution in [0.2, 0.25) is 0 Å². The maximum absolute atomic E-state index is 2.53. The molecule has 0 nitrogen and oxygen atoms in total. The summed E-state index contributed by atoms with van der Waals surface area (Å²) in [7, 11) is 0. The molecule has 0 aliphatic heterocycles. The Morgan fingerprint density at radius 2 is 1.70 bits per heavy atom. The Bertz CT molecular complexity index is 898. The molecule has 2 aliphatic rings. The highest BCUT2D eigenvalue weighted by Gasteiger charge is 2.36. The fraction of sp³-hybridized carbons (Fsp3) is 0.750. The molecule has 0 bridgehead atoms. The highest BCUT2D eigenvalue weighted by atomic mass is 14.4. The van der Waals surface area contributed by atoms with Gasteiger partial charge in [-0.3, -0.25) is 0 Å². The smallest absolute Gasteiger partial charge is 0.0104 e. The zero-order valence-electron chi connectivity index (χ0n) is 28.7. The van der Waals surface area contributed by atoms with Gasteiger partial charge in [-0.1, -0.05) is 140 Å². The van der Waals surface area contributed by atoms with E-state index in [9.17, 15) is 0 Å². The van der Waals surface area contributed by atoms with Gasteiger partial charge < -0.3 is 0 Å². The molecule has 228 valence electrons. The van der Waals surface area contributed by atoms with Crippen molar-refractivity contribution in [1.29, 1.82) is 0 Å². The van der Waals surface area contributed by atoms with E-state index >= 15 is 0 Å². The largest absolute Gasteiger partial charge is 0.0843 e. The molecule has 4 atom stereocenters. The maximum Gasteiger partial charge on any atom is -0.0104 e. The molecule has 0 aromatic heterocycles. The van der Waals surface area contributed by atoms with E-state index in [-0.39, 0.29) is 0 Å². The van der Waals surface area contributed by atoms with Gasteiger partial charge in [0.25, 0.3) is 0 Å². The van der Waals surface area contributed by atoms with E-state index in [0.717, 1.165) is 36.5 Å². The number of hydrogen-bond donors (Lipinski definition) is 0. The number of allylic oxidation sites excluding steroid dienone is 10. The van der Waals surface area contributed by atoms with Gasteiger partial charge in [0, 0.05) is 0 Å². The summed E-state index contributed by atoms with van der Waals surface area (Å²) in [5.74, 6) is 3.53. The van der Waals surface area contributed by atoms with Crippen LogP contribution in [0.3, 0.4) is 0 Å². The quantitative estimate of drug-likeness (QED) is 0.178. The average Bonchev–Trinajstić information content (AvgIpc) is 2.85. The molecule has 1 unspecified atom stereocenters. The van der Waals surface area contributed by atoms with Crippen molar-refractivity contribution in [2.75, 3.05) is 0 Å². The fourth-order valence-corrected chi connectivity index (χ4v) is 7.70. The van der Waals surface area contributed by atoms with Crippen LogP contribution in [0.1, 0.15) is 159 Å². The van der Waals surface area contributed by atoms with E-state index in [1.165, 1.54) is 88.2 Å². The lowest BCUT2D eigenvalue weighted by Gasteiger charge is -2.43. The molecule has 0 amide bonds. The first kappa shape index (κ1) is 34.9. The predicted octanol–water partition coefficient (Wildman–Crippen LogP) is 13.4. The lowest BCUT2D eigenvalue weighted by atomic mass is 9.62. The van der Waals surface area contributed by atoms with Crippen molar-refractivity contribution in [2.45, 2.75) is 159 Å². The van der Waals surface area contributed by atoms with Crippen molar-refractivity contribution in [3.05, 3.63) is 58.7 Å². The molecule has 1 fully saturated rings. The van der Waals surface area contributed by atoms with Crippen LogP contribution in [-0.4, -0.2) is 0 Å². The normalized spacial score (nSPS) is 25.6. The second kappa shape index (κ2) is 17.0. The highest BCUT2D eigenvalue weighted by Crippen LogP contribution is 2.46. The molecule has 0 heteroatoms. The Kier molecular flexibility index (Phi) is 14.8. The Labute approximate surface area is 252 Å². The van der Waals surface area contributed by atoms with Gasteiger partial charge in [-0.2, -0.15) is 0 Å². The summed E-state index contributed by atoms with van der Waals surface area (Å²) in [4.78, 5) is 0. The van der Waals surface area contributed by atoms with Crippen LogP contribution in [0.5, 0.6) is 0 Å². The van der Waals surface area contributed by atoms with Gasteiger partial charge in [-0.15, -0.1) is 0 Å². The highest BCUT2D eigenvalue weighted by molar-refractivity contribution is 5.36. The average molecular weight is 549 g/mol. The van der Waals surface area contributed by atoms with Gasteiger partial charge in [-0.25, -0.2) is 0 Å². The van der Waals surface area contributed by atoms with E-state index in [4.69, 9.17) is 0 Å². The summed E-state index contributed by atoms with van der Waals surface area (Å²) < 4.78 is 0. The lowest BCUT2D eigenvalue weighted by Crippen LogP contribution is -2.33. The number of rotatable bonds is 15. The summed E-state index contributed by atoms with van der Waals surface area (Å²) >= 11 is 0. The summed E-state index contributed by atoms with van der Waals surface area (Å²) in [6.45, 7) is 24.2. The SMILES string of the molecule is CC1=C(/C=C/C(C)=C/CC/C(C)=C\C=C/C[C@H](C)CCCC(C)CC[C@H]2[C@@H](C)CCCC2(C)C)C(C)(C)CCC1. The predicted molar refractivity (Wildman–Crippen MR) is 182 cm³/mol. The van der Waals surface area contributed by atoms with E-state index < -0.39 is 0 Å². The van der Waals surface area contributed by atoms with E-state index in [1.807, 2.05) is 0 Å². The molecular weight excluding hydrogens is 480 g/mol. The summed E-state index contributed by atoms with van der Waals surface area (Å²) in [6.07, 6.45) is 32.9. The molecule has 0 saturated heterocycles. The first-order chi connectivity index (χ1) is 18.8. The topological polar surface area (TPSA) is 0 Å². The minimum atomic E-state index is 0.325. The fourth-order valence-electron chi connectivity index (χ4n) is 7.70. The van der Waals surface area contributed by atoms with E-state index in [1.54, 1.807) is 11.1 Å². The van der Waals surface area contributed by atoms with Crippen molar-refractivity contribution in [3.8, 4) is 0 Å². The molecule has 0 aromatic carbocycles. The lowest BCUT2D eigenvalue weighted by molar-refractivity contribution is 0.0706. The van der Waals surface area contributed by atoms with Gasteiger partial charge in [0.15, 0.2) is 0 Å². The van der Waals surface area contributed by atoms with Crippen LogP contribution in [0.4, 0.5) is 0 Å². The first-order valence-corrected chi connectivity index (χ1v) is 17.2. The molecule has 40 heavy (non-hydrogen) atoms. The van der Waals surface area contributed by atoms with Crippen molar-refractivity contribution >= 4 is 0 Å². The van der Waals surface area contributed by atoms with Gasteiger partial charge in [0.05, 0.1) is 0 Å². The van der Waals surface area contributed by atoms with E-state index in [0.29, 0.717) is 10.8 Å². The van der Waals surface area contributed by atoms with Crippen LogP contribution < -0.4 is 0 Å². The van der Waals surface area contributed by atoms with Gasteiger partial charge in [0.1, 0.15) is 0 Å². The van der Waals surface area contributed by atoms with Crippen LogP contribution in [0.25, 0.3) is 0 Å². The molecule has 2 aliphatic carbocycles. The maximum atomic E-state index is 2.53. The third kappa shape index (κ3) is 12.3. The Morgan fingerprint density at radius 1 is 0.975 bits per heavy atom. The second-order valence-electron chi connectivity index (χ2n) is 15.6. The summed E-state index contributed by atoms with van der Waals surface area (Å²) in [6, 6.07) is 0. The van der Waals surface area contributed by atoms with Crippen LogP contribution in [0, 0.1) is 34.5 Å². The molecular formula is C40H68. The van der Waals surface area contributed by atoms with Crippen LogP contribution in [-0.2, 0) is 0 Å². The molecule has 0 heterocycles. The second-order valence-corrected chi connectivity index (χ2v) is 15.6. The molecule has 2 rings (SSSR count). The van der Waals surface area contributed by atoms with Crippen molar-refractivity contribution in [3.63, 3.8) is 0 Å². The van der Waals surface area contributed by atoms with Crippen LogP contribution in [0.15, 0.2) is 58.7 Å². The molecule has 0 radical (unpaired) electrons. The summed E-state index contributed by atoms with van der Waals surface area (Å²) in [5.41, 5.74) is 6.89. The molecule has 0 aromatic rings. The minimum absolute atomic E-state index is 0.325. The first-order valence-electron chi connectivity index (χ1n) is 17.2. The van der Waals surface area contributed by atoms with Gasteiger partial charge >= 0.3 is 0 Å². The molecule has 1 saturated carbocycles. The monoisotopic (exact) mass is 549 g/mol. The van der Waals surface area contributed by atoms with Crippen molar-refractivity contribution < 1.29 is 0 Å². The molecule has 0 spiro atoms. The molecule has 0 N–H and O–H groups in total. The third-order valence-electron chi connectivity index (χ3n) is 10.7. The summed E-state index contributed by atoms with van der Waals surface area (Å²) in [5, 5.41) is 0. The Balaban J connectivity index is 1.63. The minimum Gasteiger partial charge on any atom is -0.0843 e. The van der Waals surface area contributed by atoms with Gasteiger partial charge in [0.2, 0.25) is 0 Å². The Morgan fingerprint density at radius 3 is 2.40 bits per heavy atom. The van der Waals surface area contributed by atoms with Crippen LogP contribution >= 0.6 is 0 Å². The van der Waals surface area contributed by atoms with E-state index in [2.05, 4.69) is 106 Å². The zero-order valence-corrected chi connectivity index (χ0v) is 28.7.